The summed E-state index contributed by atoms with van der Waals surface area (Å²) in [6.07, 6.45) is -2.04. The maximum atomic E-state index is 10.9. The first kappa shape index (κ1) is 14.0. The Bertz CT molecular complexity index is 410. The average molecular weight is 257 g/mol. The van der Waals surface area contributed by atoms with Crippen LogP contribution >= 0.6 is 12.6 Å². The monoisotopic (exact) mass is 257 g/mol. The van der Waals surface area contributed by atoms with Gasteiger partial charge in [-0.1, -0.05) is 6.07 Å². The van der Waals surface area contributed by atoms with Crippen LogP contribution in [-0.2, 0) is 0 Å². The first-order valence-electron chi connectivity index (χ1n) is 5.19. The molecule has 0 spiro atoms. The highest BCUT2D eigenvalue weighted by molar-refractivity contribution is 7.80. The van der Waals surface area contributed by atoms with Crippen LogP contribution in [0.2, 0.25) is 0 Å². The van der Waals surface area contributed by atoms with Crippen molar-refractivity contribution < 1.29 is 15.1 Å². The molecule has 0 radical (unpaired) electrons. The van der Waals surface area contributed by atoms with Gasteiger partial charge >= 0.3 is 0 Å². The summed E-state index contributed by atoms with van der Waals surface area (Å²) in [7, 11) is 0. The molecular weight excluding hydrogens is 242 g/mol. The molecule has 1 rings (SSSR count). The fourth-order valence-corrected chi connectivity index (χ4v) is 1.82. The Labute approximate surface area is 105 Å². The average Bonchev–Trinajstić information content (AvgIpc) is 2.28. The van der Waals surface area contributed by atoms with Crippen LogP contribution in [0.25, 0.3) is 0 Å². The first-order valence-corrected chi connectivity index (χ1v) is 5.82. The SMILES string of the molecule is Cc1ccc(C(O)C(O)CCS)c([N+](=O)[O-])c1. The lowest BCUT2D eigenvalue weighted by molar-refractivity contribution is -0.386. The number of nitrogens with zero attached hydrogens (tertiary/aromatic N) is 1. The van der Waals surface area contributed by atoms with Gasteiger partial charge in [-0.15, -0.1) is 0 Å². The molecule has 2 N–H and O–H groups in total. The van der Waals surface area contributed by atoms with Gasteiger partial charge in [-0.25, -0.2) is 0 Å². The highest BCUT2D eigenvalue weighted by Gasteiger charge is 2.25. The van der Waals surface area contributed by atoms with E-state index in [1.165, 1.54) is 12.1 Å². The normalized spacial score (nSPS) is 14.4. The van der Waals surface area contributed by atoms with Gasteiger partial charge in [0.25, 0.3) is 5.69 Å². The zero-order chi connectivity index (χ0) is 13.0. The molecule has 0 saturated heterocycles. The smallest absolute Gasteiger partial charge is 0.275 e. The molecule has 0 heterocycles. The van der Waals surface area contributed by atoms with Gasteiger partial charge in [-0.3, -0.25) is 10.1 Å². The molecule has 0 fully saturated rings. The third-order valence-corrected chi connectivity index (χ3v) is 2.75. The van der Waals surface area contributed by atoms with Crippen molar-refractivity contribution in [2.75, 3.05) is 5.75 Å². The van der Waals surface area contributed by atoms with Gasteiger partial charge < -0.3 is 10.2 Å². The Kier molecular flexibility index (Phi) is 4.92. The number of nitro benzene ring substituents is 1. The molecule has 1 aromatic rings. The van der Waals surface area contributed by atoms with Crippen LogP contribution in [-0.4, -0.2) is 27.0 Å². The molecular formula is C11H15NO4S. The number of hydrogen-bond donors (Lipinski definition) is 3. The van der Waals surface area contributed by atoms with Crippen LogP contribution in [0.15, 0.2) is 18.2 Å². The molecule has 0 aromatic heterocycles. The molecule has 0 aliphatic carbocycles. The van der Waals surface area contributed by atoms with Crippen molar-refractivity contribution in [1.29, 1.82) is 0 Å². The van der Waals surface area contributed by atoms with Crippen molar-refractivity contribution in [3.05, 3.63) is 39.4 Å². The third-order valence-electron chi connectivity index (χ3n) is 2.49. The second kappa shape index (κ2) is 6.00. The number of thiol groups is 1. The highest BCUT2D eigenvalue weighted by atomic mass is 32.1. The Morgan fingerprint density at radius 2 is 2.12 bits per heavy atom. The summed E-state index contributed by atoms with van der Waals surface area (Å²) in [5.41, 5.74) is 0.696. The second-order valence-corrected chi connectivity index (χ2v) is 4.29. The minimum absolute atomic E-state index is 0.134. The molecule has 94 valence electrons. The van der Waals surface area contributed by atoms with Gasteiger partial charge in [-0.2, -0.15) is 12.6 Å². The maximum Gasteiger partial charge on any atom is 0.275 e. The van der Waals surface area contributed by atoms with Gasteiger partial charge in [-0.05, 0) is 30.7 Å². The molecule has 5 nitrogen and oxygen atoms in total. The first-order chi connectivity index (χ1) is 7.97. The number of benzene rings is 1. The molecule has 0 aliphatic heterocycles. The van der Waals surface area contributed by atoms with Crippen LogP contribution in [0.5, 0.6) is 0 Å². The van der Waals surface area contributed by atoms with E-state index in [1.807, 2.05) is 0 Å². The van der Waals surface area contributed by atoms with Crippen molar-refractivity contribution in [3.8, 4) is 0 Å². The zero-order valence-corrected chi connectivity index (χ0v) is 10.3. The summed E-state index contributed by atoms with van der Waals surface area (Å²) in [6.45, 7) is 1.73. The molecule has 0 amide bonds. The van der Waals surface area contributed by atoms with Crippen LogP contribution < -0.4 is 0 Å². The van der Waals surface area contributed by atoms with Crippen molar-refractivity contribution in [2.45, 2.75) is 25.6 Å². The predicted molar refractivity (Wildman–Crippen MR) is 67.3 cm³/mol. The van der Waals surface area contributed by atoms with Crippen LogP contribution in [0, 0.1) is 17.0 Å². The van der Waals surface area contributed by atoms with E-state index in [2.05, 4.69) is 12.6 Å². The summed E-state index contributed by atoms with van der Waals surface area (Å²) in [6, 6.07) is 4.52. The van der Waals surface area contributed by atoms with E-state index in [0.717, 1.165) is 5.56 Å². The number of rotatable bonds is 5. The molecule has 0 bridgehead atoms. The summed E-state index contributed by atoms with van der Waals surface area (Å²) in [4.78, 5) is 10.3. The largest absolute Gasteiger partial charge is 0.390 e. The fraction of sp³-hybridized carbons (Fsp3) is 0.455. The minimum Gasteiger partial charge on any atom is -0.390 e. The van der Waals surface area contributed by atoms with Crippen molar-refractivity contribution in [2.24, 2.45) is 0 Å². The Morgan fingerprint density at radius 3 is 2.65 bits per heavy atom. The molecule has 0 saturated carbocycles. The predicted octanol–water partition coefficient (Wildman–Crippen LogP) is 1.62. The summed E-state index contributed by atoms with van der Waals surface area (Å²) in [5.74, 6) is 0.401. The quantitative estimate of drug-likeness (QED) is 0.425. The summed E-state index contributed by atoms with van der Waals surface area (Å²) in [5, 5.41) is 30.3. The number of hydrogen-bond acceptors (Lipinski definition) is 5. The van der Waals surface area contributed by atoms with E-state index >= 15 is 0 Å². The van der Waals surface area contributed by atoms with Crippen LogP contribution in [0.3, 0.4) is 0 Å². The molecule has 0 aliphatic rings. The maximum absolute atomic E-state index is 10.9. The van der Waals surface area contributed by atoms with Gasteiger partial charge in [0.05, 0.1) is 16.6 Å². The molecule has 17 heavy (non-hydrogen) atoms. The van der Waals surface area contributed by atoms with E-state index in [4.69, 9.17) is 0 Å². The minimum atomic E-state index is -1.26. The molecule has 2 atom stereocenters. The van der Waals surface area contributed by atoms with Crippen molar-refractivity contribution in [3.63, 3.8) is 0 Å². The Balaban J connectivity index is 3.08. The van der Waals surface area contributed by atoms with Crippen LogP contribution in [0.4, 0.5) is 5.69 Å². The number of aliphatic hydroxyl groups excluding tert-OH is 2. The number of aryl methyl sites for hydroxylation is 1. The summed E-state index contributed by atoms with van der Waals surface area (Å²) >= 11 is 3.94. The fourth-order valence-electron chi connectivity index (χ4n) is 1.56. The number of nitro groups is 1. The highest BCUT2D eigenvalue weighted by Crippen LogP contribution is 2.29. The third kappa shape index (κ3) is 3.42. The lowest BCUT2D eigenvalue weighted by atomic mass is 9.99. The van der Waals surface area contributed by atoms with Gasteiger partial charge in [0.1, 0.15) is 6.10 Å². The Hall–Kier alpha value is -1.11. The van der Waals surface area contributed by atoms with Gasteiger partial charge in [0, 0.05) is 6.07 Å². The lowest BCUT2D eigenvalue weighted by Gasteiger charge is -2.17. The van der Waals surface area contributed by atoms with E-state index in [9.17, 15) is 20.3 Å². The molecule has 6 heteroatoms. The van der Waals surface area contributed by atoms with E-state index in [1.54, 1.807) is 13.0 Å². The van der Waals surface area contributed by atoms with Gasteiger partial charge in [0.15, 0.2) is 0 Å². The van der Waals surface area contributed by atoms with Crippen LogP contribution in [0.1, 0.15) is 23.7 Å². The number of aliphatic hydroxyl groups is 2. The topological polar surface area (TPSA) is 83.6 Å². The lowest BCUT2D eigenvalue weighted by Crippen LogP contribution is -2.19. The van der Waals surface area contributed by atoms with Crippen molar-refractivity contribution >= 4 is 18.3 Å². The van der Waals surface area contributed by atoms with E-state index in [-0.39, 0.29) is 17.7 Å². The van der Waals surface area contributed by atoms with Crippen molar-refractivity contribution in [1.82, 2.24) is 0 Å². The molecule has 1 aromatic carbocycles. The van der Waals surface area contributed by atoms with E-state index in [0.29, 0.717) is 5.75 Å². The molecule has 2 unspecified atom stereocenters. The van der Waals surface area contributed by atoms with E-state index < -0.39 is 17.1 Å². The van der Waals surface area contributed by atoms with Gasteiger partial charge in [0.2, 0.25) is 0 Å². The Morgan fingerprint density at radius 1 is 1.47 bits per heavy atom. The summed E-state index contributed by atoms with van der Waals surface area (Å²) < 4.78 is 0. The standard InChI is InChI=1S/C11H15NO4S/c1-7-2-3-8(9(6-7)12(15)16)11(14)10(13)4-5-17/h2-3,6,10-11,13-14,17H,4-5H2,1H3. The zero-order valence-electron chi connectivity index (χ0n) is 9.41. The second-order valence-electron chi connectivity index (χ2n) is 3.84.